The minimum Gasteiger partial charge on any atom is -0.396 e. The van der Waals surface area contributed by atoms with E-state index in [-0.39, 0.29) is 17.7 Å². The summed E-state index contributed by atoms with van der Waals surface area (Å²) < 4.78 is 1.50. The first kappa shape index (κ1) is 15.4. The molecule has 0 saturated heterocycles. The van der Waals surface area contributed by atoms with Gasteiger partial charge in [-0.15, -0.1) is 0 Å². The zero-order chi connectivity index (χ0) is 14.6. The Morgan fingerprint density at radius 3 is 2.68 bits per heavy atom. The highest BCUT2D eigenvalue weighted by Crippen LogP contribution is 2.29. The van der Waals surface area contributed by atoms with Crippen LogP contribution in [0.4, 0.5) is 11.5 Å². The average molecular weight is 270 g/mol. The van der Waals surface area contributed by atoms with Gasteiger partial charge < -0.3 is 10.4 Å². The summed E-state index contributed by atoms with van der Waals surface area (Å²) in [5, 5.41) is 27.1. The van der Waals surface area contributed by atoms with Crippen LogP contribution in [0.25, 0.3) is 0 Å². The molecule has 2 N–H and O–H groups in total. The molecule has 0 atom stereocenters. The third kappa shape index (κ3) is 3.92. The Morgan fingerprint density at radius 2 is 2.16 bits per heavy atom. The quantitative estimate of drug-likeness (QED) is 0.582. The predicted octanol–water partition coefficient (Wildman–Crippen LogP) is 1.85. The van der Waals surface area contributed by atoms with Gasteiger partial charge in [-0.1, -0.05) is 13.8 Å². The Hall–Kier alpha value is -1.63. The number of nitrogens with one attached hydrogen (secondary N) is 1. The number of aliphatic hydroxyl groups is 1. The standard InChI is InChI=1S/C12H22N4O3/c1-9-10(16(18)19)11(15(4)14-9)13-8-12(2,3)6-5-7-17/h13,17H,5-8H2,1-4H3. The van der Waals surface area contributed by atoms with Gasteiger partial charge in [0.25, 0.3) is 0 Å². The molecule has 19 heavy (non-hydrogen) atoms. The summed E-state index contributed by atoms with van der Waals surface area (Å²) in [7, 11) is 1.68. The largest absolute Gasteiger partial charge is 0.396 e. The van der Waals surface area contributed by atoms with E-state index < -0.39 is 4.92 Å². The first-order valence-electron chi connectivity index (χ1n) is 6.31. The topological polar surface area (TPSA) is 93.2 Å². The van der Waals surface area contributed by atoms with Gasteiger partial charge in [-0.2, -0.15) is 5.10 Å². The van der Waals surface area contributed by atoms with E-state index in [9.17, 15) is 10.1 Å². The molecule has 0 aromatic carbocycles. The Labute approximate surface area is 112 Å². The summed E-state index contributed by atoms with van der Waals surface area (Å²) >= 11 is 0. The van der Waals surface area contributed by atoms with Crippen LogP contribution in [-0.2, 0) is 7.05 Å². The normalized spacial score (nSPS) is 11.6. The molecule has 0 saturated carbocycles. The van der Waals surface area contributed by atoms with E-state index in [1.54, 1.807) is 14.0 Å². The third-order valence-electron chi connectivity index (χ3n) is 3.12. The van der Waals surface area contributed by atoms with Gasteiger partial charge in [0.15, 0.2) is 0 Å². The summed E-state index contributed by atoms with van der Waals surface area (Å²) in [5.74, 6) is 0.430. The van der Waals surface area contributed by atoms with E-state index in [1.807, 2.05) is 0 Å². The van der Waals surface area contributed by atoms with Crippen LogP contribution in [0.2, 0.25) is 0 Å². The number of aromatic nitrogens is 2. The molecule has 0 amide bonds. The Morgan fingerprint density at radius 1 is 1.53 bits per heavy atom. The Balaban J connectivity index is 2.80. The minimum absolute atomic E-state index is 0.0282. The predicted molar refractivity (Wildman–Crippen MR) is 73.2 cm³/mol. The molecule has 7 heteroatoms. The molecule has 0 unspecified atom stereocenters. The third-order valence-corrected chi connectivity index (χ3v) is 3.12. The van der Waals surface area contributed by atoms with Crippen molar-refractivity contribution in [1.29, 1.82) is 0 Å². The highest BCUT2D eigenvalue weighted by Gasteiger charge is 2.26. The van der Waals surface area contributed by atoms with Crippen molar-refractivity contribution in [3.05, 3.63) is 15.8 Å². The molecule has 7 nitrogen and oxygen atoms in total. The second-order valence-electron chi connectivity index (χ2n) is 5.51. The minimum atomic E-state index is -0.411. The van der Waals surface area contributed by atoms with Crippen molar-refractivity contribution in [2.24, 2.45) is 12.5 Å². The van der Waals surface area contributed by atoms with Crippen molar-refractivity contribution in [2.45, 2.75) is 33.6 Å². The number of nitrogens with zero attached hydrogens (tertiary/aromatic N) is 3. The maximum Gasteiger partial charge on any atom is 0.333 e. The molecule has 1 heterocycles. The van der Waals surface area contributed by atoms with Crippen LogP contribution in [-0.4, -0.2) is 33.0 Å². The molecule has 0 radical (unpaired) electrons. The van der Waals surface area contributed by atoms with Crippen LogP contribution in [0.1, 0.15) is 32.4 Å². The van der Waals surface area contributed by atoms with Crippen LogP contribution in [0.5, 0.6) is 0 Å². The molecule has 0 aliphatic carbocycles. The number of aliphatic hydroxyl groups excluding tert-OH is 1. The lowest BCUT2D eigenvalue weighted by atomic mass is 9.88. The monoisotopic (exact) mass is 270 g/mol. The molecule has 108 valence electrons. The molecular weight excluding hydrogens is 248 g/mol. The SMILES string of the molecule is Cc1nn(C)c(NCC(C)(C)CCCO)c1[N+](=O)[O-]. The van der Waals surface area contributed by atoms with Crippen molar-refractivity contribution in [3.63, 3.8) is 0 Å². The first-order chi connectivity index (χ1) is 8.78. The molecule has 0 aliphatic rings. The zero-order valence-electron chi connectivity index (χ0n) is 11.9. The van der Waals surface area contributed by atoms with Crippen molar-refractivity contribution < 1.29 is 10.0 Å². The van der Waals surface area contributed by atoms with E-state index in [1.165, 1.54) is 4.68 Å². The molecule has 1 rings (SSSR count). The van der Waals surface area contributed by atoms with E-state index >= 15 is 0 Å². The fourth-order valence-electron chi connectivity index (χ4n) is 2.03. The van der Waals surface area contributed by atoms with E-state index in [0.717, 1.165) is 12.8 Å². The average Bonchev–Trinajstić information content (AvgIpc) is 2.59. The maximum atomic E-state index is 11.0. The number of nitro groups is 1. The van der Waals surface area contributed by atoms with Crippen LogP contribution < -0.4 is 5.32 Å². The highest BCUT2D eigenvalue weighted by molar-refractivity contribution is 5.59. The van der Waals surface area contributed by atoms with Crippen LogP contribution in [0.3, 0.4) is 0 Å². The smallest absolute Gasteiger partial charge is 0.333 e. The van der Waals surface area contributed by atoms with E-state index in [0.29, 0.717) is 18.1 Å². The summed E-state index contributed by atoms with van der Waals surface area (Å²) in [6.45, 7) is 6.50. The lowest BCUT2D eigenvalue weighted by molar-refractivity contribution is -0.384. The highest BCUT2D eigenvalue weighted by atomic mass is 16.6. The summed E-state index contributed by atoms with van der Waals surface area (Å²) in [5.41, 5.74) is 0.387. The Bertz CT molecular complexity index is 454. The molecule has 1 aromatic rings. The fourth-order valence-corrected chi connectivity index (χ4v) is 2.03. The summed E-state index contributed by atoms with van der Waals surface area (Å²) in [6, 6.07) is 0. The van der Waals surface area contributed by atoms with Gasteiger partial charge in [0.2, 0.25) is 5.82 Å². The zero-order valence-corrected chi connectivity index (χ0v) is 11.9. The van der Waals surface area contributed by atoms with Crippen molar-refractivity contribution in [3.8, 4) is 0 Å². The lowest BCUT2D eigenvalue weighted by Crippen LogP contribution is -2.24. The molecule has 0 aliphatic heterocycles. The summed E-state index contributed by atoms with van der Waals surface area (Å²) in [6.07, 6.45) is 1.57. The summed E-state index contributed by atoms with van der Waals surface area (Å²) in [4.78, 5) is 10.6. The molecule has 0 spiro atoms. The van der Waals surface area contributed by atoms with Gasteiger partial charge in [-0.3, -0.25) is 10.1 Å². The maximum absolute atomic E-state index is 11.0. The number of hydrogen-bond donors (Lipinski definition) is 2. The van der Waals surface area contributed by atoms with E-state index in [4.69, 9.17) is 5.11 Å². The van der Waals surface area contributed by atoms with Crippen LogP contribution in [0, 0.1) is 22.5 Å². The lowest BCUT2D eigenvalue weighted by Gasteiger charge is -2.24. The van der Waals surface area contributed by atoms with Gasteiger partial charge in [0.1, 0.15) is 5.69 Å². The van der Waals surface area contributed by atoms with Gasteiger partial charge in [0, 0.05) is 20.2 Å². The first-order valence-corrected chi connectivity index (χ1v) is 6.31. The number of rotatable bonds is 7. The second kappa shape index (κ2) is 6.01. The molecule has 0 fully saturated rings. The van der Waals surface area contributed by atoms with Crippen molar-refractivity contribution in [1.82, 2.24) is 9.78 Å². The van der Waals surface area contributed by atoms with Gasteiger partial charge >= 0.3 is 5.69 Å². The van der Waals surface area contributed by atoms with Crippen LogP contribution in [0.15, 0.2) is 0 Å². The van der Waals surface area contributed by atoms with E-state index in [2.05, 4.69) is 24.3 Å². The van der Waals surface area contributed by atoms with Gasteiger partial charge in [-0.25, -0.2) is 4.68 Å². The van der Waals surface area contributed by atoms with Crippen molar-refractivity contribution >= 4 is 11.5 Å². The molecule has 1 aromatic heterocycles. The number of hydrogen-bond acceptors (Lipinski definition) is 5. The van der Waals surface area contributed by atoms with Gasteiger partial charge in [-0.05, 0) is 25.2 Å². The van der Waals surface area contributed by atoms with Crippen LogP contribution >= 0.6 is 0 Å². The Kier molecular flexibility index (Phi) is 4.88. The number of anilines is 1. The molecule has 0 bridgehead atoms. The van der Waals surface area contributed by atoms with Crippen molar-refractivity contribution in [2.75, 3.05) is 18.5 Å². The van der Waals surface area contributed by atoms with Gasteiger partial charge in [0.05, 0.1) is 4.92 Å². The fraction of sp³-hybridized carbons (Fsp3) is 0.750. The number of aryl methyl sites for hydroxylation is 2. The second-order valence-corrected chi connectivity index (χ2v) is 5.51. The molecular formula is C12H22N4O3.